The summed E-state index contributed by atoms with van der Waals surface area (Å²) in [5, 5.41) is 14.0. The van der Waals surface area contributed by atoms with Gasteiger partial charge in [-0.1, -0.05) is 309 Å². The SMILES string of the molecule is CCCCCCCCCCCCCCCCCCCCCCCCCCCCCCCCCCCC(O)C(COP(=O)([O-])OCC[N+](C)(C)C)NC(=O)CCCCCCCCCCCCCCCC. The van der Waals surface area contributed by atoms with Crippen molar-refractivity contribution in [2.45, 2.75) is 341 Å². The molecule has 9 heteroatoms. The van der Waals surface area contributed by atoms with Crippen molar-refractivity contribution in [1.82, 2.24) is 5.32 Å². The number of hydrogen-bond acceptors (Lipinski definition) is 6. The first-order valence-corrected chi connectivity index (χ1v) is 32.3. The van der Waals surface area contributed by atoms with Gasteiger partial charge in [-0.3, -0.25) is 9.36 Å². The smallest absolute Gasteiger partial charge is 0.268 e. The number of amides is 1. The van der Waals surface area contributed by atoms with Gasteiger partial charge in [0, 0.05) is 6.42 Å². The molecule has 0 rings (SSSR count). The van der Waals surface area contributed by atoms with E-state index in [1.165, 1.54) is 263 Å². The molecule has 3 atom stereocenters. The average molecular weight is 1000 g/mol. The molecular formula is C60H123N2O6P. The molecule has 0 saturated carbocycles. The number of quaternary nitrogens is 1. The standard InChI is InChI=1S/C60H123N2O6P/c1-6-8-10-12-14-16-18-20-22-23-24-25-26-27-28-29-30-31-32-33-34-35-36-37-38-39-40-41-43-45-47-49-51-53-59(63)58(57-68-69(65,66)67-56-55-62(3,4)5)61-60(64)54-52-50-48-46-44-42-21-19-17-15-13-11-9-7-2/h58-59,63H,6-57H2,1-5H3,(H-,61,64,65,66). The van der Waals surface area contributed by atoms with Crippen molar-refractivity contribution in [1.29, 1.82) is 0 Å². The normalized spacial score (nSPS) is 13.8. The topological polar surface area (TPSA) is 108 Å². The van der Waals surface area contributed by atoms with Crippen LogP contribution in [0.15, 0.2) is 0 Å². The lowest BCUT2D eigenvalue weighted by atomic mass is 10.0. The van der Waals surface area contributed by atoms with E-state index in [0.717, 1.165) is 38.5 Å². The summed E-state index contributed by atoms with van der Waals surface area (Å²) < 4.78 is 23.4. The van der Waals surface area contributed by atoms with Crippen LogP contribution in [0.5, 0.6) is 0 Å². The van der Waals surface area contributed by atoms with Gasteiger partial charge in [-0.25, -0.2) is 0 Å². The van der Waals surface area contributed by atoms with Gasteiger partial charge in [0.2, 0.25) is 5.91 Å². The lowest BCUT2D eigenvalue weighted by Gasteiger charge is -2.30. The Kier molecular flexibility index (Phi) is 52.0. The molecule has 0 aliphatic heterocycles. The second kappa shape index (κ2) is 52.4. The van der Waals surface area contributed by atoms with Crippen molar-refractivity contribution in [3.05, 3.63) is 0 Å². The number of nitrogens with zero attached hydrogens (tertiary/aromatic N) is 1. The maximum Gasteiger partial charge on any atom is 0.268 e. The maximum absolute atomic E-state index is 12.9. The second-order valence-corrected chi connectivity index (χ2v) is 24.2. The van der Waals surface area contributed by atoms with Crippen LogP contribution in [0.3, 0.4) is 0 Å². The zero-order valence-corrected chi connectivity index (χ0v) is 48.2. The molecule has 414 valence electrons. The van der Waals surface area contributed by atoms with Crippen molar-refractivity contribution < 1.29 is 32.9 Å². The average Bonchev–Trinajstić information content (AvgIpc) is 3.31. The summed E-state index contributed by atoms with van der Waals surface area (Å²) in [7, 11) is 1.33. The van der Waals surface area contributed by atoms with Crippen LogP contribution in [-0.2, 0) is 18.4 Å². The predicted octanol–water partition coefficient (Wildman–Crippen LogP) is 18.2. The number of rotatable bonds is 58. The molecule has 0 aromatic carbocycles. The summed E-state index contributed by atoms with van der Waals surface area (Å²) >= 11 is 0. The Morgan fingerprint density at radius 1 is 0.449 bits per heavy atom. The molecule has 69 heavy (non-hydrogen) atoms. The van der Waals surface area contributed by atoms with E-state index in [0.29, 0.717) is 23.9 Å². The van der Waals surface area contributed by atoms with Crippen molar-refractivity contribution in [3.8, 4) is 0 Å². The fourth-order valence-electron chi connectivity index (χ4n) is 9.75. The van der Waals surface area contributed by atoms with E-state index in [4.69, 9.17) is 9.05 Å². The summed E-state index contributed by atoms with van der Waals surface area (Å²) in [6, 6.07) is -0.795. The Hall–Kier alpha value is -0.500. The molecule has 0 aromatic rings. The molecular weight excluding hydrogens is 876 g/mol. The number of aliphatic hydroxyl groups is 1. The molecule has 0 aliphatic rings. The maximum atomic E-state index is 12.9. The third-order valence-electron chi connectivity index (χ3n) is 14.6. The quantitative estimate of drug-likeness (QED) is 0.0357. The van der Waals surface area contributed by atoms with Crippen LogP contribution in [0, 0.1) is 0 Å². The third-order valence-corrected chi connectivity index (χ3v) is 15.6. The number of unbranched alkanes of at least 4 members (excludes halogenated alkanes) is 45. The molecule has 0 fully saturated rings. The molecule has 0 bridgehead atoms. The summed E-state index contributed by atoms with van der Waals surface area (Å²) in [4.78, 5) is 25.5. The Labute approximate surface area is 431 Å². The minimum absolute atomic E-state index is 0.0166. The first-order chi connectivity index (χ1) is 33.5. The molecule has 1 amide bonds. The number of aliphatic hydroxyl groups excluding tert-OH is 1. The van der Waals surface area contributed by atoms with Crippen LogP contribution in [-0.4, -0.2) is 68.5 Å². The van der Waals surface area contributed by atoms with E-state index >= 15 is 0 Å². The Balaban J connectivity index is 3.94. The number of phosphoric acid groups is 1. The van der Waals surface area contributed by atoms with E-state index in [1.54, 1.807) is 0 Å². The zero-order chi connectivity index (χ0) is 50.6. The Morgan fingerprint density at radius 2 is 0.710 bits per heavy atom. The van der Waals surface area contributed by atoms with E-state index < -0.39 is 20.0 Å². The van der Waals surface area contributed by atoms with E-state index in [9.17, 15) is 19.4 Å². The van der Waals surface area contributed by atoms with Crippen LogP contribution in [0.4, 0.5) is 0 Å². The highest BCUT2D eigenvalue weighted by Crippen LogP contribution is 2.38. The molecule has 0 aliphatic carbocycles. The highest BCUT2D eigenvalue weighted by Gasteiger charge is 2.24. The molecule has 0 radical (unpaired) electrons. The number of phosphoric ester groups is 1. The summed E-state index contributed by atoms with van der Waals surface area (Å²) in [5.74, 6) is -0.158. The van der Waals surface area contributed by atoms with Crippen LogP contribution in [0.1, 0.15) is 328 Å². The molecule has 0 saturated heterocycles. The number of likely N-dealkylation sites (N-methyl/N-ethyl adjacent to an activating group) is 1. The molecule has 8 nitrogen and oxygen atoms in total. The fourth-order valence-corrected chi connectivity index (χ4v) is 10.5. The minimum Gasteiger partial charge on any atom is -0.756 e. The van der Waals surface area contributed by atoms with Crippen molar-refractivity contribution in [3.63, 3.8) is 0 Å². The molecule has 2 N–H and O–H groups in total. The molecule has 0 spiro atoms. The number of carbonyl (C=O) groups is 1. The number of carbonyl (C=O) groups excluding carboxylic acids is 1. The monoisotopic (exact) mass is 999 g/mol. The van der Waals surface area contributed by atoms with E-state index in [2.05, 4.69) is 19.2 Å². The second-order valence-electron chi connectivity index (χ2n) is 22.8. The highest BCUT2D eigenvalue weighted by atomic mass is 31.2. The third kappa shape index (κ3) is 55.1. The van der Waals surface area contributed by atoms with Gasteiger partial charge in [-0.2, -0.15) is 0 Å². The first-order valence-electron chi connectivity index (χ1n) is 30.9. The van der Waals surface area contributed by atoms with E-state index in [-0.39, 0.29) is 19.1 Å². The van der Waals surface area contributed by atoms with Gasteiger partial charge in [-0.05, 0) is 12.8 Å². The van der Waals surface area contributed by atoms with E-state index in [1.807, 2.05) is 21.1 Å². The van der Waals surface area contributed by atoms with Gasteiger partial charge in [0.25, 0.3) is 7.82 Å². The summed E-state index contributed by atoms with van der Waals surface area (Å²) in [5.41, 5.74) is 0. The van der Waals surface area contributed by atoms with Crippen LogP contribution >= 0.6 is 7.82 Å². The van der Waals surface area contributed by atoms with Crippen molar-refractivity contribution in [2.24, 2.45) is 0 Å². The number of nitrogens with one attached hydrogen (secondary N) is 1. The molecule has 3 unspecified atom stereocenters. The van der Waals surface area contributed by atoms with Crippen molar-refractivity contribution in [2.75, 3.05) is 40.9 Å². The zero-order valence-electron chi connectivity index (χ0n) is 47.3. The van der Waals surface area contributed by atoms with Gasteiger partial charge < -0.3 is 28.8 Å². The van der Waals surface area contributed by atoms with Crippen molar-refractivity contribution >= 4 is 13.7 Å². The highest BCUT2D eigenvalue weighted by molar-refractivity contribution is 7.45. The summed E-state index contributed by atoms with van der Waals surface area (Å²) in [6.07, 6.45) is 63.1. The van der Waals surface area contributed by atoms with Gasteiger partial charge in [-0.15, -0.1) is 0 Å². The minimum atomic E-state index is -4.57. The Morgan fingerprint density at radius 3 is 0.986 bits per heavy atom. The van der Waals surface area contributed by atoms with Crippen LogP contribution < -0.4 is 10.2 Å². The van der Waals surface area contributed by atoms with Gasteiger partial charge in [0.15, 0.2) is 0 Å². The lowest BCUT2D eigenvalue weighted by Crippen LogP contribution is -2.46. The molecule has 0 aromatic heterocycles. The summed E-state index contributed by atoms with van der Waals surface area (Å²) in [6.45, 7) is 4.77. The van der Waals surface area contributed by atoms with Crippen LogP contribution in [0.2, 0.25) is 0 Å². The first kappa shape index (κ1) is 68.5. The van der Waals surface area contributed by atoms with Gasteiger partial charge in [0.05, 0.1) is 39.9 Å². The largest absolute Gasteiger partial charge is 0.756 e. The molecule has 0 heterocycles. The predicted molar refractivity (Wildman–Crippen MR) is 298 cm³/mol. The van der Waals surface area contributed by atoms with Gasteiger partial charge >= 0.3 is 0 Å². The fraction of sp³-hybridized carbons (Fsp3) is 0.983. The Bertz CT molecular complexity index is 1090. The lowest BCUT2D eigenvalue weighted by molar-refractivity contribution is -0.870. The number of hydrogen-bond donors (Lipinski definition) is 2. The van der Waals surface area contributed by atoms with Gasteiger partial charge in [0.1, 0.15) is 13.2 Å². The van der Waals surface area contributed by atoms with Crippen LogP contribution in [0.25, 0.3) is 0 Å².